The zero-order chi connectivity index (χ0) is 9.97. The Kier molecular flexibility index (Phi) is 1.16. The molecular formula is C10H12N2O2. The lowest BCUT2D eigenvalue weighted by Gasteiger charge is -2.67. The summed E-state index contributed by atoms with van der Waals surface area (Å²) in [7, 11) is 1.92. The number of nitrogens with zero attached hydrogens (tertiary/aromatic N) is 2. The highest BCUT2D eigenvalue weighted by Crippen LogP contribution is 2.73. The maximum Gasteiger partial charge on any atom is 0.309 e. The van der Waals surface area contributed by atoms with Crippen LogP contribution in [0.15, 0.2) is 12.3 Å². The van der Waals surface area contributed by atoms with Gasteiger partial charge < -0.3 is 5.11 Å². The highest BCUT2D eigenvalue weighted by Gasteiger charge is 2.73. The Balaban J connectivity index is 1.88. The van der Waals surface area contributed by atoms with Gasteiger partial charge in [0.15, 0.2) is 0 Å². The molecule has 1 aromatic rings. The largest absolute Gasteiger partial charge is 0.481 e. The Hall–Kier alpha value is -1.32. The fourth-order valence-electron chi connectivity index (χ4n) is 3.18. The standard InChI is InChI=1S/C10H12N2O2/c1-12-7(2-3-11-12)9-4-10(5-9,6-9)8(13)14/h2-3H,4-6H2,1H3,(H,13,14). The van der Waals surface area contributed by atoms with Crippen LogP contribution in [0.4, 0.5) is 0 Å². The van der Waals surface area contributed by atoms with Gasteiger partial charge in [-0.25, -0.2) is 0 Å². The first-order valence-corrected chi connectivity index (χ1v) is 4.80. The molecule has 2 bridgehead atoms. The third kappa shape index (κ3) is 0.669. The first kappa shape index (κ1) is 8.03. The lowest BCUT2D eigenvalue weighted by atomic mass is 9.34. The fraction of sp³-hybridized carbons (Fsp3) is 0.600. The van der Waals surface area contributed by atoms with Crippen molar-refractivity contribution in [3.05, 3.63) is 18.0 Å². The molecule has 0 amide bonds. The number of aryl methyl sites for hydroxylation is 1. The van der Waals surface area contributed by atoms with Crippen LogP contribution in [-0.4, -0.2) is 20.9 Å². The van der Waals surface area contributed by atoms with Crippen molar-refractivity contribution in [1.82, 2.24) is 9.78 Å². The molecule has 0 aliphatic heterocycles. The predicted molar refractivity (Wildman–Crippen MR) is 48.8 cm³/mol. The third-order valence-corrected chi connectivity index (χ3v) is 3.85. The molecule has 1 aromatic heterocycles. The van der Waals surface area contributed by atoms with Crippen LogP contribution in [-0.2, 0) is 17.3 Å². The number of carboxylic acids is 1. The van der Waals surface area contributed by atoms with Gasteiger partial charge in [0.1, 0.15) is 0 Å². The molecule has 1 heterocycles. The molecule has 0 unspecified atom stereocenters. The molecule has 74 valence electrons. The lowest BCUT2D eigenvalue weighted by molar-refractivity contribution is -0.195. The number of hydrogen-bond acceptors (Lipinski definition) is 2. The second-order valence-corrected chi connectivity index (χ2v) is 4.74. The number of rotatable bonds is 2. The van der Waals surface area contributed by atoms with Crippen LogP contribution in [0.25, 0.3) is 0 Å². The molecule has 0 saturated heterocycles. The predicted octanol–water partition coefficient (Wildman–Crippen LogP) is 0.926. The van der Waals surface area contributed by atoms with E-state index in [4.69, 9.17) is 5.11 Å². The number of carbonyl (C=O) groups is 1. The van der Waals surface area contributed by atoms with Crippen molar-refractivity contribution in [1.29, 1.82) is 0 Å². The Morgan fingerprint density at radius 1 is 1.57 bits per heavy atom. The first-order chi connectivity index (χ1) is 6.58. The molecule has 3 fully saturated rings. The van der Waals surface area contributed by atoms with Crippen molar-refractivity contribution < 1.29 is 9.90 Å². The molecule has 4 heteroatoms. The minimum absolute atomic E-state index is 0.143. The van der Waals surface area contributed by atoms with Crippen LogP contribution >= 0.6 is 0 Å². The highest BCUT2D eigenvalue weighted by molar-refractivity contribution is 5.80. The second kappa shape index (κ2) is 2.02. The fourth-order valence-corrected chi connectivity index (χ4v) is 3.18. The van der Waals surface area contributed by atoms with E-state index < -0.39 is 5.97 Å². The molecule has 14 heavy (non-hydrogen) atoms. The Morgan fingerprint density at radius 3 is 2.64 bits per heavy atom. The van der Waals surface area contributed by atoms with E-state index in [9.17, 15) is 4.79 Å². The minimum atomic E-state index is -0.624. The first-order valence-electron chi connectivity index (χ1n) is 4.80. The topological polar surface area (TPSA) is 55.1 Å². The Bertz CT molecular complexity index is 402. The van der Waals surface area contributed by atoms with Gasteiger partial charge in [0.05, 0.1) is 5.41 Å². The van der Waals surface area contributed by atoms with Crippen LogP contribution < -0.4 is 0 Å². The van der Waals surface area contributed by atoms with Crippen LogP contribution in [0.3, 0.4) is 0 Å². The summed E-state index contributed by atoms with van der Waals surface area (Å²) >= 11 is 0. The van der Waals surface area contributed by atoms with Crippen LogP contribution in [0.5, 0.6) is 0 Å². The molecule has 4 rings (SSSR count). The van der Waals surface area contributed by atoms with E-state index in [1.54, 1.807) is 6.20 Å². The Labute approximate surface area is 81.5 Å². The van der Waals surface area contributed by atoms with Crippen LogP contribution in [0.1, 0.15) is 25.0 Å². The van der Waals surface area contributed by atoms with Crippen molar-refractivity contribution >= 4 is 5.97 Å². The van der Waals surface area contributed by atoms with Crippen molar-refractivity contribution in [3.8, 4) is 0 Å². The summed E-state index contributed by atoms with van der Waals surface area (Å²) in [6, 6.07) is 2.00. The number of carboxylic acid groups (broad SMARTS) is 1. The third-order valence-electron chi connectivity index (χ3n) is 3.85. The number of hydrogen-bond donors (Lipinski definition) is 1. The molecule has 3 aliphatic carbocycles. The minimum Gasteiger partial charge on any atom is -0.481 e. The second-order valence-electron chi connectivity index (χ2n) is 4.74. The van der Waals surface area contributed by atoms with E-state index in [0.717, 1.165) is 19.3 Å². The van der Waals surface area contributed by atoms with Gasteiger partial charge in [-0.15, -0.1) is 0 Å². The van der Waals surface area contributed by atoms with E-state index in [1.165, 1.54) is 5.69 Å². The quantitative estimate of drug-likeness (QED) is 0.758. The maximum absolute atomic E-state index is 10.9. The van der Waals surface area contributed by atoms with Gasteiger partial charge in [0, 0.05) is 24.4 Å². The van der Waals surface area contributed by atoms with Crippen LogP contribution in [0.2, 0.25) is 0 Å². The van der Waals surface area contributed by atoms with E-state index in [-0.39, 0.29) is 10.8 Å². The van der Waals surface area contributed by atoms with Gasteiger partial charge in [-0.1, -0.05) is 0 Å². The lowest BCUT2D eigenvalue weighted by Crippen LogP contribution is -2.68. The molecule has 0 spiro atoms. The van der Waals surface area contributed by atoms with Gasteiger partial charge >= 0.3 is 5.97 Å². The normalized spacial score (nSPS) is 38.6. The summed E-state index contributed by atoms with van der Waals surface area (Å²) in [5.41, 5.74) is 0.953. The average molecular weight is 192 g/mol. The van der Waals surface area contributed by atoms with E-state index in [1.807, 2.05) is 17.8 Å². The molecule has 4 nitrogen and oxygen atoms in total. The molecule has 0 aromatic carbocycles. The molecule has 3 aliphatic rings. The summed E-state index contributed by atoms with van der Waals surface area (Å²) in [6.07, 6.45) is 4.18. The molecule has 0 atom stereocenters. The molecule has 3 saturated carbocycles. The summed E-state index contributed by atoms with van der Waals surface area (Å²) in [5, 5.41) is 13.1. The summed E-state index contributed by atoms with van der Waals surface area (Å²) in [6.45, 7) is 0. The van der Waals surface area contributed by atoms with Crippen molar-refractivity contribution in [3.63, 3.8) is 0 Å². The van der Waals surface area contributed by atoms with E-state index in [2.05, 4.69) is 5.10 Å². The monoisotopic (exact) mass is 192 g/mol. The van der Waals surface area contributed by atoms with E-state index >= 15 is 0 Å². The van der Waals surface area contributed by atoms with Crippen molar-refractivity contribution in [2.24, 2.45) is 12.5 Å². The number of aromatic nitrogens is 2. The van der Waals surface area contributed by atoms with Gasteiger partial charge in [-0.3, -0.25) is 9.48 Å². The Morgan fingerprint density at radius 2 is 2.21 bits per heavy atom. The van der Waals surface area contributed by atoms with Crippen molar-refractivity contribution in [2.45, 2.75) is 24.7 Å². The summed E-state index contributed by atoms with van der Waals surface area (Å²) in [4.78, 5) is 10.9. The SMILES string of the molecule is Cn1nccc1C12CC(C(=O)O)(C1)C2. The highest BCUT2D eigenvalue weighted by atomic mass is 16.4. The van der Waals surface area contributed by atoms with Gasteiger partial charge in [0.2, 0.25) is 0 Å². The average Bonchev–Trinajstić information content (AvgIpc) is 2.30. The molecule has 0 radical (unpaired) electrons. The summed E-state index contributed by atoms with van der Waals surface area (Å²) < 4.78 is 1.87. The zero-order valence-corrected chi connectivity index (χ0v) is 8.03. The van der Waals surface area contributed by atoms with E-state index in [0.29, 0.717) is 0 Å². The van der Waals surface area contributed by atoms with Gasteiger partial charge in [-0.2, -0.15) is 5.10 Å². The summed E-state index contributed by atoms with van der Waals surface area (Å²) in [5.74, 6) is -0.624. The van der Waals surface area contributed by atoms with Crippen molar-refractivity contribution in [2.75, 3.05) is 0 Å². The van der Waals surface area contributed by atoms with Gasteiger partial charge in [-0.05, 0) is 25.3 Å². The molecule has 1 N–H and O–H groups in total. The van der Waals surface area contributed by atoms with Crippen LogP contribution in [0, 0.1) is 5.41 Å². The zero-order valence-electron chi connectivity index (χ0n) is 8.03. The smallest absolute Gasteiger partial charge is 0.309 e. The molecular weight excluding hydrogens is 180 g/mol. The number of aliphatic carboxylic acids is 1. The van der Waals surface area contributed by atoms with Gasteiger partial charge in [0.25, 0.3) is 0 Å². The maximum atomic E-state index is 10.9.